The highest BCUT2D eigenvalue weighted by atomic mass is 32.1. The number of thiophene rings is 1. The second kappa shape index (κ2) is 5.81. The number of ether oxygens (including phenoxy) is 1. The van der Waals surface area contributed by atoms with Gasteiger partial charge in [-0.15, -0.1) is 11.3 Å². The lowest BCUT2D eigenvalue weighted by Crippen LogP contribution is -2.35. The van der Waals surface area contributed by atoms with E-state index in [4.69, 9.17) is 0 Å². The lowest BCUT2D eigenvalue weighted by molar-refractivity contribution is -0.0498. The highest BCUT2D eigenvalue weighted by Gasteiger charge is 2.22. The molecule has 1 aromatic heterocycles. The van der Waals surface area contributed by atoms with Gasteiger partial charge in [0.2, 0.25) is 0 Å². The van der Waals surface area contributed by atoms with Gasteiger partial charge in [-0.1, -0.05) is 0 Å². The number of nitrogens with zero attached hydrogens (tertiary/aromatic N) is 1. The van der Waals surface area contributed by atoms with Crippen LogP contribution in [-0.4, -0.2) is 24.0 Å². The molecule has 0 saturated heterocycles. The van der Waals surface area contributed by atoms with Crippen LogP contribution in [0, 0.1) is 0 Å². The van der Waals surface area contributed by atoms with Crippen LogP contribution in [-0.2, 0) is 13.0 Å². The SMILES string of the molecule is O=C(c1ccc(OC(F)F)cc1)N1CCc2sccc2C1. The van der Waals surface area contributed by atoms with E-state index in [0.29, 0.717) is 18.7 Å². The zero-order chi connectivity index (χ0) is 14.8. The molecule has 0 saturated carbocycles. The van der Waals surface area contributed by atoms with Crippen LogP contribution in [0.25, 0.3) is 0 Å². The molecule has 110 valence electrons. The molecule has 3 nitrogen and oxygen atoms in total. The molecule has 1 aliphatic heterocycles. The number of fused-ring (bicyclic) bond motifs is 1. The Kier molecular flexibility index (Phi) is 3.88. The molecule has 0 atom stereocenters. The third-order valence-electron chi connectivity index (χ3n) is 3.42. The van der Waals surface area contributed by atoms with Crippen molar-refractivity contribution in [3.63, 3.8) is 0 Å². The third-order valence-corrected chi connectivity index (χ3v) is 4.44. The number of carbonyl (C=O) groups is 1. The van der Waals surface area contributed by atoms with E-state index in [1.165, 1.54) is 34.7 Å². The van der Waals surface area contributed by atoms with Gasteiger partial charge in [0.05, 0.1) is 0 Å². The van der Waals surface area contributed by atoms with E-state index in [1.807, 2.05) is 11.4 Å². The van der Waals surface area contributed by atoms with Gasteiger partial charge >= 0.3 is 6.61 Å². The Morgan fingerprint density at radius 1 is 1.24 bits per heavy atom. The average molecular weight is 309 g/mol. The van der Waals surface area contributed by atoms with E-state index in [0.717, 1.165) is 6.42 Å². The molecule has 0 spiro atoms. The van der Waals surface area contributed by atoms with E-state index in [9.17, 15) is 13.6 Å². The standard InChI is InChI=1S/C15H13F2NO2S/c16-15(17)20-12-3-1-10(2-4-12)14(19)18-7-5-13-11(9-18)6-8-21-13/h1-4,6,8,15H,5,7,9H2. The largest absolute Gasteiger partial charge is 0.435 e. The molecule has 0 radical (unpaired) electrons. The third kappa shape index (κ3) is 3.05. The van der Waals surface area contributed by atoms with Gasteiger partial charge in [-0.2, -0.15) is 8.78 Å². The summed E-state index contributed by atoms with van der Waals surface area (Å²) in [5.41, 5.74) is 1.67. The number of hydrogen-bond acceptors (Lipinski definition) is 3. The zero-order valence-electron chi connectivity index (χ0n) is 11.1. The smallest absolute Gasteiger partial charge is 0.387 e. The Balaban J connectivity index is 1.71. The molecule has 1 amide bonds. The van der Waals surface area contributed by atoms with Gasteiger partial charge in [0.15, 0.2) is 0 Å². The minimum atomic E-state index is -2.86. The number of hydrogen-bond donors (Lipinski definition) is 0. The average Bonchev–Trinajstić information content (AvgIpc) is 2.94. The second-order valence-corrected chi connectivity index (χ2v) is 5.75. The van der Waals surface area contributed by atoms with E-state index < -0.39 is 6.61 Å². The normalized spacial score (nSPS) is 14.1. The molecule has 0 fully saturated rings. The van der Waals surface area contributed by atoms with E-state index in [2.05, 4.69) is 4.74 Å². The van der Waals surface area contributed by atoms with E-state index in [-0.39, 0.29) is 11.7 Å². The van der Waals surface area contributed by atoms with E-state index in [1.54, 1.807) is 16.2 Å². The van der Waals surface area contributed by atoms with Crippen LogP contribution in [0.1, 0.15) is 20.8 Å². The van der Waals surface area contributed by atoms with Crippen LogP contribution in [0.4, 0.5) is 8.78 Å². The monoisotopic (exact) mass is 309 g/mol. The van der Waals surface area contributed by atoms with Crippen molar-refractivity contribution in [2.24, 2.45) is 0 Å². The van der Waals surface area contributed by atoms with Crippen molar-refractivity contribution in [2.45, 2.75) is 19.6 Å². The summed E-state index contributed by atoms with van der Waals surface area (Å²) in [5.74, 6) is -0.0317. The Morgan fingerprint density at radius 2 is 2.00 bits per heavy atom. The number of halogens is 2. The Labute approximate surface area is 124 Å². The van der Waals surface area contributed by atoms with Crippen LogP contribution in [0.3, 0.4) is 0 Å². The lowest BCUT2D eigenvalue weighted by Gasteiger charge is -2.27. The summed E-state index contributed by atoms with van der Waals surface area (Å²) in [6.45, 7) is -1.57. The first-order valence-electron chi connectivity index (χ1n) is 6.53. The lowest BCUT2D eigenvalue weighted by atomic mass is 10.1. The van der Waals surface area contributed by atoms with Crippen molar-refractivity contribution in [2.75, 3.05) is 6.54 Å². The first-order valence-corrected chi connectivity index (χ1v) is 7.41. The second-order valence-electron chi connectivity index (χ2n) is 4.75. The fourth-order valence-electron chi connectivity index (χ4n) is 2.38. The number of alkyl halides is 2. The number of amides is 1. The van der Waals surface area contributed by atoms with Crippen molar-refractivity contribution in [1.82, 2.24) is 4.90 Å². The quantitative estimate of drug-likeness (QED) is 0.868. The maximum absolute atomic E-state index is 12.4. The Morgan fingerprint density at radius 3 is 2.71 bits per heavy atom. The van der Waals surface area contributed by atoms with Crippen LogP contribution < -0.4 is 4.74 Å². The molecule has 0 aliphatic carbocycles. The van der Waals surface area contributed by atoms with Gasteiger partial charge in [-0.3, -0.25) is 4.79 Å². The molecule has 2 aromatic rings. The highest BCUT2D eigenvalue weighted by Crippen LogP contribution is 2.25. The van der Waals surface area contributed by atoms with Gasteiger partial charge in [0.25, 0.3) is 5.91 Å². The zero-order valence-corrected chi connectivity index (χ0v) is 11.9. The minimum absolute atomic E-state index is 0.0558. The van der Waals surface area contributed by atoms with Gasteiger partial charge in [-0.25, -0.2) is 0 Å². The van der Waals surface area contributed by atoms with Crippen molar-refractivity contribution in [3.05, 3.63) is 51.7 Å². The summed E-state index contributed by atoms with van der Waals surface area (Å²) >= 11 is 1.72. The fraction of sp³-hybridized carbons (Fsp3) is 0.267. The maximum atomic E-state index is 12.4. The van der Waals surface area contributed by atoms with Crippen LogP contribution in [0.2, 0.25) is 0 Å². The summed E-state index contributed by atoms with van der Waals surface area (Å²) in [6.07, 6.45) is 0.866. The van der Waals surface area contributed by atoms with Crippen LogP contribution in [0.15, 0.2) is 35.7 Å². The first kappa shape index (κ1) is 14.0. The van der Waals surface area contributed by atoms with Gasteiger partial charge in [0, 0.05) is 23.5 Å². The molecule has 1 aromatic carbocycles. The van der Waals surface area contributed by atoms with Gasteiger partial charge in [-0.05, 0) is 47.7 Å². The van der Waals surface area contributed by atoms with E-state index >= 15 is 0 Å². The summed E-state index contributed by atoms with van der Waals surface area (Å²) in [6, 6.07) is 7.85. The molecular formula is C15H13F2NO2S. The van der Waals surface area contributed by atoms with Crippen molar-refractivity contribution < 1.29 is 18.3 Å². The van der Waals surface area contributed by atoms with Crippen LogP contribution in [0.5, 0.6) is 5.75 Å². The molecule has 21 heavy (non-hydrogen) atoms. The van der Waals surface area contributed by atoms with Crippen LogP contribution >= 0.6 is 11.3 Å². The summed E-state index contributed by atoms with van der Waals surface area (Å²) in [5, 5.41) is 2.04. The van der Waals surface area contributed by atoms with Crippen molar-refractivity contribution >= 4 is 17.2 Å². The first-order chi connectivity index (χ1) is 10.1. The summed E-state index contributed by atoms with van der Waals surface area (Å²) in [4.78, 5) is 15.5. The molecule has 1 aliphatic rings. The molecule has 0 N–H and O–H groups in total. The molecule has 6 heteroatoms. The van der Waals surface area contributed by atoms with Gasteiger partial charge in [0.1, 0.15) is 5.75 Å². The molecular weight excluding hydrogens is 296 g/mol. The topological polar surface area (TPSA) is 29.5 Å². The molecule has 0 unspecified atom stereocenters. The Bertz CT molecular complexity index is 639. The molecule has 0 bridgehead atoms. The van der Waals surface area contributed by atoms with Crippen molar-refractivity contribution in [3.8, 4) is 5.75 Å². The predicted molar refractivity (Wildman–Crippen MR) is 75.8 cm³/mol. The minimum Gasteiger partial charge on any atom is -0.435 e. The fourth-order valence-corrected chi connectivity index (χ4v) is 3.27. The highest BCUT2D eigenvalue weighted by molar-refractivity contribution is 7.10. The summed E-state index contributed by atoms with van der Waals surface area (Å²) in [7, 11) is 0. The summed E-state index contributed by atoms with van der Waals surface area (Å²) < 4.78 is 28.4. The number of rotatable bonds is 3. The molecule has 3 rings (SSSR count). The predicted octanol–water partition coefficient (Wildman–Crippen LogP) is 3.55. The maximum Gasteiger partial charge on any atom is 0.387 e. The Hall–Kier alpha value is -1.95. The molecule has 2 heterocycles. The number of carbonyl (C=O) groups excluding carboxylic acids is 1. The van der Waals surface area contributed by atoms with Gasteiger partial charge < -0.3 is 9.64 Å². The van der Waals surface area contributed by atoms with Crippen molar-refractivity contribution in [1.29, 1.82) is 0 Å². The number of benzene rings is 1.